The summed E-state index contributed by atoms with van der Waals surface area (Å²) >= 11 is 0. The maximum absolute atomic E-state index is 14.2. The van der Waals surface area contributed by atoms with Crippen molar-refractivity contribution in [3.63, 3.8) is 0 Å². The number of ketones is 1. The van der Waals surface area contributed by atoms with Crippen molar-refractivity contribution in [3.05, 3.63) is 124 Å². The maximum Gasteiger partial charge on any atom is 0.435 e. The van der Waals surface area contributed by atoms with Crippen molar-refractivity contribution in [2.45, 2.75) is 83.7 Å². The van der Waals surface area contributed by atoms with Gasteiger partial charge in [-0.2, -0.15) is 36.5 Å². The normalized spacial score (nSPS) is 12.4. The number of aliphatic carboxylic acids is 1. The first-order valence-electron chi connectivity index (χ1n) is 17.5. The molecule has 0 unspecified atom stereocenters. The molecule has 58 heavy (non-hydrogen) atoms. The van der Waals surface area contributed by atoms with Crippen LogP contribution in [0, 0.1) is 17.5 Å². The Bertz CT molecular complexity index is 2260. The van der Waals surface area contributed by atoms with Gasteiger partial charge in [0.25, 0.3) is 5.91 Å². The summed E-state index contributed by atoms with van der Waals surface area (Å²) in [6.45, 7) is 5.64. The quantitative estimate of drug-likeness (QED) is 0.113. The van der Waals surface area contributed by atoms with Crippen molar-refractivity contribution in [1.82, 2.24) is 24.5 Å². The molecule has 0 radical (unpaired) electrons. The highest BCUT2D eigenvalue weighted by atomic mass is 19.4. The molecule has 3 N–H and O–H groups in total. The molecule has 3 aromatic heterocycles. The molecule has 0 aliphatic rings. The Hall–Kier alpha value is -6.01. The number of carbonyl (C=O) groups is 3. The highest BCUT2D eigenvalue weighted by molar-refractivity contribution is 5.94. The summed E-state index contributed by atoms with van der Waals surface area (Å²) < 4.78 is 121. The average Bonchev–Trinajstić information content (AvgIpc) is 3.73. The first-order valence-corrected chi connectivity index (χ1v) is 17.5. The topological polar surface area (TPSA) is 146 Å². The average molecular weight is 825 g/mol. The third kappa shape index (κ3) is 11.5. The minimum Gasteiger partial charge on any atom is -0.480 e. The van der Waals surface area contributed by atoms with Crippen LogP contribution in [-0.4, -0.2) is 47.3 Å². The van der Waals surface area contributed by atoms with Gasteiger partial charge in [0.05, 0.1) is 17.8 Å². The molecule has 0 aliphatic carbocycles. The molecule has 2 aromatic carbocycles. The lowest BCUT2D eigenvalue weighted by molar-refractivity contribution is -0.143. The fourth-order valence-electron chi connectivity index (χ4n) is 6.10. The summed E-state index contributed by atoms with van der Waals surface area (Å²) in [6.07, 6.45) is -8.18. The van der Waals surface area contributed by atoms with Crippen LogP contribution in [0.15, 0.2) is 66.9 Å². The summed E-state index contributed by atoms with van der Waals surface area (Å²) in [7, 11) is 0. The Morgan fingerprint density at radius 2 is 1.29 bits per heavy atom. The second-order valence-electron chi connectivity index (χ2n) is 13.8. The van der Waals surface area contributed by atoms with Crippen molar-refractivity contribution < 1.29 is 59.0 Å². The summed E-state index contributed by atoms with van der Waals surface area (Å²) in [5, 5.41) is 15.4. The zero-order valence-corrected chi connectivity index (χ0v) is 31.3. The molecule has 0 bridgehead atoms. The number of carboxylic acids is 1. The van der Waals surface area contributed by atoms with Crippen LogP contribution in [0.4, 0.5) is 39.5 Å². The van der Waals surface area contributed by atoms with Gasteiger partial charge in [0.2, 0.25) is 0 Å². The SMILES string of the molecule is CC(C)c1cc(C(F)(F)F)nn1CC(=O)C[C@@H](Cc1cc(F)cc(F)c1)c1ncccc1-c1ccc(F)c(C(N)=O)c1.CC(C)c1cc(C(F)(F)F)nn1CC(=O)O. The van der Waals surface area contributed by atoms with E-state index in [1.54, 1.807) is 39.8 Å². The number of carbonyl (C=O) groups excluding carboxylic acids is 2. The minimum absolute atomic E-state index is 0.0712. The first-order chi connectivity index (χ1) is 26.9. The molecule has 0 fully saturated rings. The lowest BCUT2D eigenvalue weighted by Gasteiger charge is -2.20. The predicted molar refractivity (Wildman–Crippen MR) is 191 cm³/mol. The molecule has 3 heterocycles. The molecule has 1 atom stereocenters. The van der Waals surface area contributed by atoms with Crippen LogP contribution in [0.25, 0.3) is 11.1 Å². The number of primary amides is 1. The van der Waals surface area contributed by atoms with Gasteiger partial charge in [0.15, 0.2) is 17.2 Å². The van der Waals surface area contributed by atoms with Gasteiger partial charge in [0, 0.05) is 41.6 Å². The maximum atomic E-state index is 14.2. The van der Waals surface area contributed by atoms with E-state index in [9.17, 15) is 53.9 Å². The van der Waals surface area contributed by atoms with Crippen LogP contribution in [0.5, 0.6) is 0 Å². The molecule has 19 heteroatoms. The number of pyridine rings is 1. The lowest BCUT2D eigenvalue weighted by Crippen LogP contribution is -2.19. The van der Waals surface area contributed by atoms with Gasteiger partial charge < -0.3 is 10.8 Å². The van der Waals surface area contributed by atoms with E-state index in [1.807, 2.05) is 0 Å². The van der Waals surface area contributed by atoms with E-state index in [1.165, 1.54) is 18.3 Å². The fraction of sp³-hybridized carbons (Fsp3) is 0.333. The Morgan fingerprint density at radius 1 is 0.759 bits per heavy atom. The number of carboxylic acid groups (broad SMARTS) is 1. The van der Waals surface area contributed by atoms with Crippen LogP contribution in [0.3, 0.4) is 0 Å². The Kier molecular flexibility index (Phi) is 13.9. The number of benzene rings is 2. The van der Waals surface area contributed by atoms with E-state index in [4.69, 9.17) is 10.8 Å². The second kappa shape index (κ2) is 18.1. The van der Waals surface area contributed by atoms with Crippen molar-refractivity contribution in [2.24, 2.45) is 5.73 Å². The van der Waals surface area contributed by atoms with E-state index in [0.29, 0.717) is 17.2 Å². The molecule has 0 saturated heterocycles. The number of amides is 1. The number of alkyl halides is 6. The number of nitrogens with two attached hydrogens (primary N) is 1. The van der Waals surface area contributed by atoms with Crippen molar-refractivity contribution >= 4 is 17.7 Å². The number of rotatable bonds is 13. The predicted octanol–water partition coefficient (Wildman–Crippen LogP) is 8.70. The van der Waals surface area contributed by atoms with E-state index < -0.39 is 77.9 Å². The molecule has 5 aromatic rings. The number of Topliss-reactive ketones (excluding diaryl/α,β-unsaturated/α-hetero) is 1. The van der Waals surface area contributed by atoms with Crippen molar-refractivity contribution in [3.8, 4) is 11.1 Å². The van der Waals surface area contributed by atoms with Gasteiger partial charge in [0.1, 0.15) is 24.0 Å². The van der Waals surface area contributed by atoms with Gasteiger partial charge in [-0.25, -0.2) is 13.2 Å². The molecule has 0 saturated carbocycles. The fourth-order valence-corrected chi connectivity index (χ4v) is 6.10. The van der Waals surface area contributed by atoms with Gasteiger partial charge in [-0.05, 0) is 71.8 Å². The van der Waals surface area contributed by atoms with Crippen molar-refractivity contribution in [1.29, 1.82) is 0 Å². The number of halogens is 9. The summed E-state index contributed by atoms with van der Waals surface area (Å²) in [6, 6.07) is 11.5. The molecule has 1 amide bonds. The van der Waals surface area contributed by atoms with Gasteiger partial charge >= 0.3 is 18.3 Å². The molecule has 0 spiro atoms. The number of hydrogen-bond acceptors (Lipinski definition) is 6. The van der Waals surface area contributed by atoms with E-state index in [-0.39, 0.29) is 52.9 Å². The van der Waals surface area contributed by atoms with Crippen LogP contribution in [-0.2, 0) is 41.5 Å². The van der Waals surface area contributed by atoms with Crippen LogP contribution < -0.4 is 5.73 Å². The molecule has 0 aliphatic heterocycles. The smallest absolute Gasteiger partial charge is 0.435 e. The zero-order chi connectivity index (χ0) is 43.3. The summed E-state index contributed by atoms with van der Waals surface area (Å²) in [5.41, 5.74) is 4.46. The van der Waals surface area contributed by atoms with Gasteiger partial charge in [-0.15, -0.1) is 0 Å². The largest absolute Gasteiger partial charge is 0.480 e. The van der Waals surface area contributed by atoms with Crippen LogP contribution >= 0.6 is 0 Å². The number of aromatic nitrogens is 5. The number of hydrogen-bond donors (Lipinski definition) is 2. The zero-order valence-electron chi connectivity index (χ0n) is 31.3. The Labute approximate surface area is 325 Å². The molecule has 10 nitrogen and oxygen atoms in total. The first kappa shape index (κ1) is 44.7. The monoisotopic (exact) mass is 824 g/mol. The third-order valence-electron chi connectivity index (χ3n) is 8.64. The third-order valence-corrected chi connectivity index (χ3v) is 8.64. The highest BCUT2D eigenvalue weighted by Crippen LogP contribution is 2.35. The van der Waals surface area contributed by atoms with E-state index in [2.05, 4.69) is 15.2 Å². The molecular formula is C39H37F9N6O4. The van der Waals surface area contributed by atoms with E-state index >= 15 is 0 Å². The van der Waals surface area contributed by atoms with E-state index in [0.717, 1.165) is 39.7 Å². The summed E-state index contributed by atoms with van der Waals surface area (Å²) in [5.74, 6) is -6.65. The standard InChI is InChI=1S/C30H26F6N4O2.C9H11F3N2O2/c1-16(2)26-14-27(30(34,35)36)39-40(26)15-22(41)11-19(8-17-9-20(31)13-21(32)10-17)28-23(4-3-7-38-28)18-5-6-25(33)24(12-18)29(37)42;1-5(2)6-3-7(9(10,11)12)13-14(6)4-8(15)16/h3-7,9-10,12-14,16,19H,8,11,15H2,1-2H3,(H2,37,42);3,5H,4H2,1-2H3,(H,15,16)/t19-;/m1./s1. The Balaban J connectivity index is 0.000000390. The van der Waals surface area contributed by atoms with Gasteiger partial charge in [-0.3, -0.25) is 28.7 Å². The Morgan fingerprint density at radius 3 is 1.78 bits per heavy atom. The lowest BCUT2D eigenvalue weighted by atomic mass is 9.86. The minimum atomic E-state index is -4.70. The molecule has 310 valence electrons. The van der Waals surface area contributed by atoms with Gasteiger partial charge in [-0.1, -0.05) is 39.8 Å². The van der Waals surface area contributed by atoms with Crippen LogP contribution in [0.1, 0.15) is 96.3 Å². The highest BCUT2D eigenvalue weighted by Gasteiger charge is 2.36. The van der Waals surface area contributed by atoms with Crippen LogP contribution in [0.2, 0.25) is 0 Å². The second-order valence-corrected chi connectivity index (χ2v) is 13.8. The molecular weight excluding hydrogens is 787 g/mol. The summed E-state index contributed by atoms with van der Waals surface area (Å²) in [4.78, 5) is 40.0. The van der Waals surface area contributed by atoms with Crippen molar-refractivity contribution in [2.75, 3.05) is 0 Å². The molecule has 5 rings (SSSR count). The number of nitrogens with zero attached hydrogens (tertiary/aromatic N) is 5.